The molecule has 1 unspecified atom stereocenters. The largest absolute Gasteiger partial charge is 0.492 e. The average molecular weight is 269 g/mol. The summed E-state index contributed by atoms with van der Waals surface area (Å²) in [5.41, 5.74) is 2.60. The molecule has 0 fully saturated rings. The molecule has 2 nitrogen and oxygen atoms in total. The zero-order valence-corrected chi connectivity index (χ0v) is 12.3. The molecule has 20 heavy (non-hydrogen) atoms. The lowest BCUT2D eigenvalue weighted by molar-refractivity contribution is 0.306. The average Bonchev–Trinajstić information content (AvgIpc) is 2.45. The highest BCUT2D eigenvalue weighted by Crippen LogP contribution is 2.11. The number of aryl methyl sites for hydroxylation is 1. The molecule has 0 saturated carbocycles. The van der Waals surface area contributed by atoms with Crippen LogP contribution in [0.15, 0.2) is 54.6 Å². The van der Waals surface area contributed by atoms with Crippen molar-refractivity contribution in [2.75, 3.05) is 13.2 Å². The molecule has 0 spiro atoms. The van der Waals surface area contributed by atoms with Crippen LogP contribution in [0.3, 0.4) is 0 Å². The zero-order valence-electron chi connectivity index (χ0n) is 12.3. The minimum Gasteiger partial charge on any atom is -0.492 e. The van der Waals surface area contributed by atoms with Gasteiger partial charge in [-0.25, -0.2) is 0 Å². The van der Waals surface area contributed by atoms with Crippen LogP contribution >= 0.6 is 0 Å². The van der Waals surface area contributed by atoms with Crippen LogP contribution in [0, 0.1) is 6.92 Å². The van der Waals surface area contributed by atoms with E-state index in [1.807, 2.05) is 12.1 Å². The van der Waals surface area contributed by atoms with E-state index in [1.54, 1.807) is 0 Å². The molecule has 1 N–H and O–H groups in total. The SMILES string of the molecule is Cc1cccc(OCCNC(C)Cc2ccccc2)c1. The van der Waals surface area contributed by atoms with Gasteiger partial charge in [-0.2, -0.15) is 0 Å². The Morgan fingerprint density at radius 2 is 1.85 bits per heavy atom. The Morgan fingerprint density at radius 3 is 2.60 bits per heavy atom. The van der Waals surface area contributed by atoms with Gasteiger partial charge < -0.3 is 10.1 Å². The summed E-state index contributed by atoms with van der Waals surface area (Å²) in [6.07, 6.45) is 1.05. The molecular formula is C18H23NO. The van der Waals surface area contributed by atoms with Crippen molar-refractivity contribution in [2.45, 2.75) is 26.3 Å². The van der Waals surface area contributed by atoms with Crippen molar-refractivity contribution >= 4 is 0 Å². The molecule has 0 aliphatic rings. The third-order valence-electron chi connectivity index (χ3n) is 3.24. The van der Waals surface area contributed by atoms with Crippen LogP contribution in [-0.2, 0) is 6.42 Å². The lowest BCUT2D eigenvalue weighted by atomic mass is 10.1. The van der Waals surface area contributed by atoms with E-state index in [0.717, 1.165) is 18.7 Å². The molecule has 2 aromatic carbocycles. The molecule has 2 aromatic rings. The molecule has 0 heterocycles. The molecule has 0 radical (unpaired) electrons. The lowest BCUT2D eigenvalue weighted by Gasteiger charge is -2.14. The predicted octanol–water partition coefficient (Wildman–Crippen LogP) is 3.59. The van der Waals surface area contributed by atoms with Crippen LogP contribution < -0.4 is 10.1 Å². The van der Waals surface area contributed by atoms with Gasteiger partial charge in [0.05, 0.1) is 0 Å². The Bertz CT molecular complexity index is 510. The number of hydrogen-bond acceptors (Lipinski definition) is 2. The lowest BCUT2D eigenvalue weighted by Crippen LogP contribution is -2.31. The molecule has 0 aromatic heterocycles. The maximum atomic E-state index is 5.72. The van der Waals surface area contributed by atoms with Crippen molar-refractivity contribution in [1.82, 2.24) is 5.32 Å². The molecule has 1 atom stereocenters. The minimum atomic E-state index is 0.457. The number of ether oxygens (including phenoxy) is 1. The summed E-state index contributed by atoms with van der Waals surface area (Å²) in [5, 5.41) is 3.49. The molecule has 0 amide bonds. The van der Waals surface area contributed by atoms with Gasteiger partial charge in [0.2, 0.25) is 0 Å². The molecule has 2 rings (SSSR count). The van der Waals surface area contributed by atoms with Gasteiger partial charge in [0.25, 0.3) is 0 Å². The van der Waals surface area contributed by atoms with Crippen molar-refractivity contribution in [1.29, 1.82) is 0 Å². The third kappa shape index (κ3) is 5.06. The summed E-state index contributed by atoms with van der Waals surface area (Å²) >= 11 is 0. The van der Waals surface area contributed by atoms with Crippen LogP contribution in [0.2, 0.25) is 0 Å². The maximum absolute atomic E-state index is 5.72. The van der Waals surface area contributed by atoms with E-state index in [-0.39, 0.29) is 0 Å². The second kappa shape index (κ2) is 7.71. The summed E-state index contributed by atoms with van der Waals surface area (Å²) in [6.45, 7) is 5.84. The van der Waals surface area contributed by atoms with Crippen LogP contribution in [-0.4, -0.2) is 19.2 Å². The molecule has 0 bridgehead atoms. The summed E-state index contributed by atoms with van der Waals surface area (Å²) in [5.74, 6) is 0.947. The molecule has 0 saturated heterocycles. The number of hydrogen-bond donors (Lipinski definition) is 1. The van der Waals surface area contributed by atoms with Gasteiger partial charge in [0, 0.05) is 12.6 Å². The van der Waals surface area contributed by atoms with Gasteiger partial charge >= 0.3 is 0 Å². The van der Waals surface area contributed by atoms with Crippen LogP contribution in [0.1, 0.15) is 18.1 Å². The smallest absolute Gasteiger partial charge is 0.119 e. The predicted molar refractivity (Wildman–Crippen MR) is 84.3 cm³/mol. The van der Waals surface area contributed by atoms with Crippen molar-refractivity contribution in [2.24, 2.45) is 0 Å². The maximum Gasteiger partial charge on any atom is 0.119 e. The second-order valence-corrected chi connectivity index (χ2v) is 5.21. The van der Waals surface area contributed by atoms with E-state index in [4.69, 9.17) is 4.74 Å². The van der Waals surface area contributed by atoms with Crippen molar-refractivity contribution in [3.05, 3.63) is 65.7 Å². The fourth-order valence-corrected chi connectivity index (χ4v) is 2.22. The summed E-state index contributed by atoms with van der Waals surface area (Å²) in [4.78, 5) is 0. The highest BCUT2D eigenvalue weighted by molar-refractivity contribution is 5.27. The summed E-state index contributed by atoms with van der Waals surface area (Å²) in [7, 11) is 0. The van der Waals surface area contributed by atoms with Crippen LogP contribution in [0.5, 0.6) is 5.75 Å². The normalized spacial score (nSPS) is 12.1. The van der Waals surface area contributed by atoms with Gasteiger partial charge in [-0.15, -0.1) is 0 Å². The Kier molecular flexibility index (Phi) is 5.63. The number of nitrogens with one attached hydrogen (secondary N) is 1. The molecule has 2 heteroatoms. The first-order chi connectivity index (χ1) is 9.74. The molecule has 0 aliphatic carbocycles. The van der Waals surface area contributed by atoms with Gasteiger partial charge in [-0.1, -0.05) is 42.5 Å². The first kappa shape index (κ1) is 14.6. The zero-order chi connectivity index (χ0) is 14.2. The van der Waals surface area contributed by atoms with Crippen molar-refractivity contribution in [3.8, 4) is 5.75 Å². The molecular weight excluding hydrogens is 246 g/mol. The minimum absolute atomic E-state index is 0.457. The molecule has 0 aliphatic heterocycles. The van der Waals surface area contributed by atoms with Gasteiger partial charge in [0.15, 0.2) is 0 Å². The standard InChI is InChI=1S/C18H23NO/c1-15-7-6-10-18(13-15)20-12-11-19-16(2)14-17-8-4-3-5-9-17/h3-10,13,16,19H,11-12,14H2,1-2H3. The summed E-state index contributed by atoms with van der Waals surface area (Å²) in [6, 6.07) is 19.2. The van der Waals surface area contributed by atoms with Crippen LogP contribution in [0.4, 0.5) is 0 Å². The fraction of sp³-hybridized carbons (Fsp3) is 0.333. The highest BCUT2D eigenvalue weighted by atomic mass is 16.5. The number of benzene rings is 2. The van der Waals surface area contributed by atoms with Gasteiger partial charge in [-0.05, 0) is 43.5 Å². The Morgan fingerprint density at radius 1 is 1.05 bits per heavy atom. The topological polar surface area (TPSA) is 21.3 Å². The van der Waals surface area contributed by atoms with E-state index in [1.165, 1.54) is 11.1 Å². The third-order valence-corrected chi connectivity index (χ3v) is 3.24. The van der Waals surface area contributed by atoms with E-state index in [9.17, 15) is 0 Å². The van der Waals surface area contributed by atoms with Crippen LogP contribution in [0.25, 0.3) is 0 Å². The fourth-order valence-electron chi connectivity index (χ4n) is 2.22. The van der Waals surface area contributed by atoms with Gasteiger partial charge in [0.1, 0.15) is 12.4 Å². The van der Waals surface area contributed by atoms with E-state index < -0.39 is 0 Å². The first-order valence-electron chi connectivity index (χ1n) is 7.21. The van der Waals surface area contributed by atoms with Crippen molar-refractivity contribution in [3.63, 3.8) is 0 Å². The monoisotopic (exact) mass is 269 g/mol. The number of rotatable bonds is 7. The first-order valence-corrected chi connectivity index (χ1v) is 7.21. The van der Waals surface area contributed by atoms with E-state index in [2.05, 4.69) is 61.6 Å². The summed E-state index contributed by atoms with van der Waals surface area (Å²) < 4.78 is 5.72. The molecule has 106 valence electrons. The second-order valence-electron chi connectivity index (χ2n) is 5.21. The Labute approximate surface area is 121 Å². The van der Waals surface area contributed by atoms with Gasteiger partial charge in [-0.3, -0.25) is 0 Å². The Hall–Kier alpha value is -1.80. The highest BCUT2D eigenvalue weighted by Gasteiger charge is 2.02. The van der Waals surface area contributed by atoms with E-state index >= 15 is 0 Å². The quantitative estimate of drug-likeness (QED) is 0.776. The van der Waals surface area contributed by atoms with Crippen molar-refractivity contribution < 1.29 is 4.74 Å². The van der Waals surface area contributed by atoms with E-state index in [0.29, 0.717) is 12.6 Å². The Balaban J connectivity index is 1.66.